The van der Waals surface area contributed by atoms with Crippen molar-refractivity contribution in [3.05, 3.63) is 77.6 Å². The molecule has 0 bridgehead atoms. The lowest BCUT2D eigenvalue weighted by Crippen LogP contribution is -2.33. The largest absolute Gasteiger partial charge is 0.426 e. The zero-order chi connectivity index (χ0) is 15.4. The molecule has 0 saturated heterocycles. The molecule has 0 aliphatic carbocycles. The Balaban J connectivity index is 1.97. The predicted molar refractivity (Wildman–Crippen MR) is 85.8 cm³/mol. The van der Waals surface area contributed by atoms with Crippen molar-refractivity contribution in [3.63, 3.8) is 0 Å². The van der Waals surface area contributed by atoms with E-state index in [-0.39, 0.29) is 11.9 Å². The molecule has 0 radical (unpaired) electrons. The molecule has 2 aromatic carbocycles. The Morgan fingerprint density at radius 2 is 1.82 bits per heavy atom. The summed E-state index contributed by atoms with van der Waals surface area (Å²) >= 11 is 0. The van der Waals surface area contributed by atoms with Crippen LogP contribution in [0.4, 0.5) is 4.39 Å². The number of hydrogen-bond donors (Lipinski definition) is 1. The first-order valence-corrected chi connectivity index (χ1v) is 7.28. The van der Waals surface area contributed by atoms with Gasteiger partial charge in [-0.15, -0.1) is 0 Å². The normalized spacial score (nSPS) is 19.3. The van der Waals surface area contributed by atoms with Crippen molar-refractivity contribution in [1.82, 2.24) is 5.32 Å². The van der Waals surface area contributed by atoms with Gasteiger partial charge in [-0.05, 0) is 30.7 Å². The van der Waals surface area contributed by atoms with Gasteiger partial charge < -0.3 is 10.1 Å². The van der Waals surface area contributed by atoms with E-state index in [9.17, 15) is 4.39 Å². The fourth-order valence-electron chi connectivity index (χ4n) is 2.32. The van der Waals surface area contributed by atoms with Gasteiger partial charge >= 0.3 is 0 Å². The second-order valence-corrected chi connectivity index (χ2v) is 4.95. The van der Waals surface area contributed by atoms with Gasteiger partial charge in [-0.2, -0.15) is 0 Å². The molecule has 0 saturated carbocycles. The fourth-order valence-corrected chi connectivity index (χ4v) is 2.32. The van der Waals surface area contributed by atoms with Crippen LogP contribution < -0.4 is 5.32 Å². The Hall–Kier alpha value is -2.62. The van der Waals surface area contributed by atoms with Gasteiger partial charge in [-0.1, -0.05) is 42.5 Å². The maximum absolute atomic E-state index is 13.1. The number of nitrogens with one attached hydrogen (secondary N) is 1. The molecule has 112 valence electrons. The van der Waals surface area contributed by atoms with Crippen molar-refractivity contribution in [2.75, 3.05) is 6.54 Å². The van der Waals surface area contributed by atoms with Crippen LogP contribution in [0.2, 0.25) is 0 Å². The highest BCUT2D eigenvalue weighted by atomic mass is 19.1. The quantitative estimate of drug-likeness (QED) is 0.932. The monoisotopic (exact) mass is 296 g/mol. The van der Waals surface area contributed by atoms with Gasteiger partial charge in [0.05, 0.1) is 6.04 Å². The van der Waals surface area contributed by atoms with Crippen LogP contribution in [0.5, 0.6) is 0 Å². The third kappa shape index (κ3) is 3.17. The van der Waals surface area contributed by atoms with Crippen LogP contribution in [0.1, 0.15) is 24.1 Å². The first-order chi connectivity index (χ1) is 10.8. The molecule has 0 spiro atoms. The molecule has 3 rings (SSSR count). The third-order valence-corrected chi connectivity index (χ3v) is 3.39. The van der Waals surface area contributed by atoms with E-state index in [2.05, 4.69) is 10.3 Å². The van der Waals surface area contributed by atoms with Gasteiger partial charge in [0.15, 0.2) is 0 Å². The molecule has 1 atom stereocenters. The minimum absolute atomic E-state index is 0.102. The van der Waals surface area contributed by atoms with Gasteiger partial charge in [0, 0.05) is 12.1 Å². The van der Waals surface area contributed by atoms with Crippen LogP contribution in [0, 0.1) is 5.82 Å². The number of amidine groups is 1. The Kier molecular flexibility index (Phi) is 4.19. The summed E-state index contributed by atoms with van der Waals surface area (Å²) in [6.45, 7) is 2.58. The minimum Gasteiger partial charge on any atom is -0.426 e. The smallest absolute Gasteiger partial charge is 0.290 e. The Morgan fingerprint density at radius 3 is 2.50 bits per heavy atom. The SMILES string of the molecule is CCN=C1NC(c2ccc(F)cc2)C=C(c2ccccc2)O1. The van der Waals surface area contributed by atoms with E-state index in [0.717, 1.165) is 16.9 Å². The van der Waals surface area contributed by atoms with Crippen molar-refractivity contribution in [3.8, 4) is 0 Å². The van der Waals surface area contributed by atoms with E-state index in [1.54, 1.807) is 12.1 Å². The van der Waals surface area contributed by atoms with Gasteiger partial charge in [-0.25, -0.2) is 9.38 Å². The molecule has 0 amide bonds. The second kappa shape index (κ2) is 6.43. The van der Waals surface area contributed by atoms with E-state index >= 15 is 0 Å². The van der Waals surface area contributed by atoms with Crippen LogP contribution in [0.15, 0.2) is 65.7 Å². The number of nitrogens with zero attached hydrogens (tertiary/aromatic N) is 1. The van der Waals surface area contributed by atoms with Crippen molar-refractivity contribution in [1.29, 1.82) is 0 Å². The van der Waals surface area contributed by atoms with Crippen molar-refractivity contribution in [2.24, 2.45) is 4.99 Å². The highest BCUT2D eigenvalue weighted by Crippen LogP contribution is 2.26. The number of rotatable bonds is 3. The average molecular weight is 296 g/mol. The second-order valence-electron chi connectivity index (χ2n) is 4.95. The molecule has 1 unspecified atom stereocenters. The lowest BCUT2D eigenvalue weighted by atomic mass is 10.0. The van der Waals surface area contributed by atoms with E-state index in [0.29, 0.717) is 12.6 Å². The molecular formula is C18H17FN2O. The highest BCUT2D eigenvalue weighted by Gasteiger charge is 2.21. The maximum Gasteiger partial charge on any atom is 0.290 e. The summed E-state index contributed by atoms with van der Waals surface area (Å²) in [4.78, 5) is 4.32. The molecule has 3 nitrogen and oxygen atoms in total. The van der Waals surface area contributed by atoms with Crippen LogP contribution in [-0.4, -0.2) is 12.6 Å². The van der Waals surface area contributed by atoms with Crippen LogP contribution in [0.25, 0.3) is 5.76 Å². The number of halogens is 1. The van der Waals surface area contributed by atoms with Gasteiger partial charge in [0.25, 0.3) is 6.02 Å². The summed E-state index contributed by atoms with van der Waals surface area (Å²) in [5.74, 6) is 0.506. The van der Waals surface area contributed by atoms with E-state index in [4.69, 9.17) is 4.74 Å². The highest BCUT2D eigenvalue weighted by molar-refractivity contribution is 5.84. The van der Waals surface area contributed by atoms with Crippen LogP contribution in [-0.2, 0) is 4.74 Å². The summed E-state index contributed by atoms with van der Waals surface area (Å²) in [6.07, 6.45) is 1.98. The average Bonchev–Trinajstić information content (AvgIpc) is 2.56. The van der Waals surface area contributed by atoms with Gasteiger partial charge in [0.1, 0.15) is 11.6 Å². The fraction of sp³-hybridized carbons (Fsp3) is 0.167. The Labute approximate surface area is 129 Å². The Morgan fingerprint density at radius 1 is 1.09 bits per heavy atom. The molecule has 1 aliphatic rings. The first kappa shape index (κ1) is 14.3. The van der Waals surface area contributed by atoms with Crippen molar-refractivity contribution >= 4 is 11.8 Å². The zero-order valence-electron chi connectivity index (χ0n) is 12.3. The molecular weight excluding hydrogens is 279 g/mol. The van der Waals surface area contributed by atoms with Gasteiger partial charge in [-0.3, -0.25) is 0 Å². The van der Waals surface area contributed by atoms with E-state index < -0.39 is 0 Å². The van der Waals surface area contributed by atoms with E-state index in [1.165, 1.54) is 12.1 Å². The topological polar surface area (TPSA) is 33.6 Å². The summed E-state index contributed by atoms with van der Waals surface area (Å²) in [5, 5.41) is 3.22. The minimum atomic E-state index is -0.245. The zero-order valence-corrected chi connectivity index (χ0v) is 12.3. The summed E-state index contributed by atoms with van der Waals surface area (Å²) < 4.78 is 18.9. The summed E-state index contributed by atoms with van der Waals surface area (Å²) in [5.41, 5.74) is 1.95. The number of benzene rings is 2. The van der Waals surface area contributed by atoms with Crippen molar-refractivity contribution < 1.29 is 9.13 Å². The predicted octanol–water partition coefficient (Wildman–Crippen LogP) is 3.90. The molecule has 0 fully saturated rings. The molecule has 4 heteroatoms. The molecule has 2 aromatic rings. The van der Waals surface area contributed by atoms with Gasteiger partial charge in [0.2, 0.25) is 0 Å². The first-order valence-electron chi connectivity index (χ1n) is 7.28. The summed E-state index contributed by atoms with van der Waals surface area (Å²) in [6, 6.07) is 16.7. The number of ether oxygens (including phenoxy) is 1. The molecule has 1 N–H and O–H groups in total. The lowest BCUT2D eigenvalue weighted by Gasteiger charge is -2.25. The molecule has 1 aliphatic heterocycles. The number of hydrogen-bond acceptors (Lipinski definition) is 2. The lowest BCUT2D eigenvalue weighted by molar-refractivity contribution is 0.440. The summed E-state index contributed by atoms with van der Waals surface area (Å²) in [7, 11) is 0. The Bertz CT molecular complexity index is 693. The maximum atomic E-state index is 13.1. The number of aliphatic imine (C=N–C) groups is 1. The molecule has 22 heavy (non-hydrogen) atoms. The third-order valence-electron chi connectivity index (χ3n) is 3.39. The molecule has 1 heterocycles. The van der Waals surface area contributed by atoms with Crippen molar-refractivity contribution in [2.45, 2.75) is 13.0 Å². The van der Waals surface area contributed by atoms with Crippen LogP contribution >= 0.6 is 0 Å². The molecule has 0 aromatic heterocycles. The standard InChI is InChI=1S/C18H17FN2O/c1-2-20-18-21-16(13-8-10-15(19)11-9-13)12-17(22-18)14-6-4-3-5-7-14/h3-12,16H,2H2,1H3,(H,20,21). The van der Waals surface area contributed by atoms with E-state index in [1.807, 2.05) is 43.3 Å². The van der Waals surface area contributed by atoms with Crippen LogP contribution in [0.3, 0.4) is 0 Å².